The average molecular weight is 224 g/mol. The zero-order valence-corrected chi connectivity index (χ0v) is 8.07. The molecule has 0 amide bonds. The lowest BCUT2D eigenvalue weighted by molar-refractivity contribution is -0.171. The second-order valence-electron chi connectivity index (χ2n) is 3.17. The van der Waals surface area contributed by atoms with Gasteiger partial charge in [-0.15, -0.1) is 0 Å². The van der Waals surface area contributed by atoms with Crippen molar-refractivity contribution in [2.75, 3.05) is 19.8 Å². The van der Waals surface area contributed by atoms with Gasteiger partial charge >= 0.3 is 0 Å². The van der Waals surface area contributed by atoms with E-state index in [2.05, 4.69) is 0 Å². The third-order valence-electron chi connectivity index (χ3n) is 2.16. The SMILES string of the molecule is O=C(CO)[C@](O)(CCO)[C@H](O)[C@H](O)CO. The van der Waals surface area contributed by atoms with E-state index in [1.54, 1.807) is 0 Å². The van der Waals surface area contributed by atoms with Gasteiger partial charge in [-0.05, 0) is 0 Å². The molecule has 0 spiro atoms. The molecular weight excluding hydrogens is 208 g/mol. The number of hydrogen-bond donors (Lipinski definition) is 6. The maximum absolute atomic E-state index is 11.1. The minimum Gasteiger partial charge on any atom is -0.396 e. The van der Waals surface area contributed by atoms with Crippen LogP contribution < -0.4 is 0 Å². The second-order valence-corrected chi connectivity index (χ2v) is 3.17. The highest BCUT2D eigenvalue weighted by Crippen LogP contribution is 2.19. The van der Waals surface area contributed by atoms with E-state index in [1.807, 2.05) is 0 Å². The summed E-state index contributed by atoms with van der Waals surface area (Å²) in [5.74, 6) is -1.13. The van der Waals surface area contributed by atoms with Gasteiger partial charge in [0, 0.05) is 13.0 Å². The smallest absolute Gasteiger partial charge is 0.192 e. The first kappa shape index (κ1) is 14.4. The molecule has 7 heteroatoms. The molecule has 0 aromatic heterocycles. The van der Waals surface area contributed by atoms with Gasteiger partial charge in [-0.25, -0.2) is 0 Å². The van der Waals surface area contributed by atoms with Crippen molar-refractivity contribution in [2.45, 2.75) is 24.2 Å². The number of ketones is 1. The van der Waals surface area contributed by atoms with Crippen LogP contribution in [0.5, 0.6) is 0 Å². The molecule has 0 aliphatic heterocycles. The standard InChI is InChI=1S/C8H16O7/c9-2-1-8(15,6(13)4-11)7(14)5(12)3-10/h5,7,9-12,14-15H,1-4H2/t5-,7-,8-/m1/s1. The summed E-state index contributed by atoms with van der Waals surface area (Å²) in [6, 6.07) is 0. The van der Waals surface area contributed by atoms with Crippen molar-refractivity contribution in [3.63, 3.8) is 0 Å². The van der Waals surface area contributed by atoms with Gasteiger partial charge in [0.2, 0.25) is 0 Å². The highest BCUT2D eigenvalue weighted by atomic mass is 16.4. The van der Waals surface area contributed by atoms with Crippen LogP contribution >= 0.6 is 0 Å². The fourth-order valence-electron chi connectivity index (χ4n) is 1.18. The van der Waals surface area contributed by atoms with Crippen LogP contribution in [0, 0.1) is 0 Å². The number of rotatable bonds is 7. The van der Waals surface area contributed by atoms with Gasteiger partial charge in [-0.2, -0.15) is 0 Å². The zero-order chi connectivity index (χ0) is 12.1. The van der Waals surface area contributed by atoms with Crippen molar-refractivity contribution in [2.24, 2.45) is 0 Å². The van der Waals surface area contributed by atoms with Gasteiger partial charge in [0.1, 0.15) is 18.8 Å². The van der Waals surface area contributed by atoms with Gasteiger partial charge in [0.15, 0.2) is 11.4 Å². The molecule has 0 bridgehead atoms. The molecule has 0 heterocycles. The molecule has 0 fully saturated rings. The molecule has 0 aliphatic rings. The molecule has 0 saturated heterocycles. The Morgan fingerprint density at radius 1 is 1.20 bits per heavy atom. The molecule has 0 unspecified atom stereocenters. The molecule has 6 N–H and O–H groups in total. The van der Waals surface area contributed by atoms with E-state index in [9.17, 15) is 15.0 Å². The fourth-order valence-corrected chi connectivity index (χ4v) is 1.18. The van der Waals surface area contributed by atoms with E-state index in [0.29, 0.717) is 0 Å². The van der Waals surface area contributed by atoms with Crippen LogP contribution in [0.2, 0.25) is 0 Å². The van der Waals surface area contributed by atoms with Crippen LogP contribution in [0.4, 0.5) is 0 Å². The lowest BCUT2D eigenvalue weighted by atomic mass is 9.86. The Kier molecular flexibility index (Phi) is 5.88. The molecule has 15 heavy (non-hydrogen) atoms. The van der Waals surface area contributed by atoms with E-state index in [4.69, 9.17) is 20.4 Å². The summed E-state index contributed by atoms with van der Waals surface area (Å²) in [5, 5.41) is 53.8. The summed E-state index contributed by atoms with van der Waals surface area (Å²) in [7, 11) is 0. The van der Waals surface area contributed by atoms with Crippen molar-refractivity contribution < 1.29 is 35.4 Å². The molecule has 0 rings (SSSR count). The van der Waals surface area contributed by atoms with Crippen molar-refractivity contribution in [3.05, 3.63) is 0 Å². The van der Waals surface area contributed by atoms with Crippen LogP contribution in [0.1, 0.15) is 6.42 Å². The van der Waals surface area contributed by atoms with Crippen LogP contribution in [0.15, 0.2) is 0 Å². The highest BCUT2D eigenvalue weighted by Gasteiger charge is 2.45. The largest absolute Gasteiger partial charge is 0.396 e. The van der Waals surface area contributed by atoms with Crippen molar-refractivity contribution in [1.29, 1.82) is 0 Å². The van der Waals surface area contributed by atoms with Crippen LogP contribution in [-0.4, -0.2) is 74.1 Å². The summed E-state index contributed by atoms with van der Waals surface area (Å²) in [6.45, 7) is -2.50. The van der Waals surface area contributed by atoms with Crippen molar-refractivity contribution in [3.8, 4) is 0 Å². The Morgan fingerprint density at radius 2 is 1.73 bits per heavy atom. The summed E-state index contributed by atoms with van der Waals surface area (Å²) >= 11 is 0. The molecule has 90 valence electrons. The fraction of sp³-hybridized carbons (Fsp3) is 0.875. The van der Waals surface area contributed by atoms with E-state index < -0.39 is 49.8 Å². The van der Waals surface area contributed by atoms with Gasteiger partial charge in [-0.1, -0.05) is 0 Å². The lowest BCUT2D eigenvalue weighted by Gasteiger charge is -2.32. The number of aliphatic hydroxyl groups is 6. The Labute approximate surface area is 86.2 Å². The predicted molar refractivity (Wildman–Crippen MR) is 47.8 cm³/mol. The number of carbonyl (C=O) groups excluding carboxylic acids is 1. The van der Waals surface area contributed by atoms with Crippen LogP contribution in [0.3, 0.4) is 0 Å². The van der Waals surface area contributed by atoms with E-state index in [-0.39, 0.29) is 0 Å². The minimum absolute atomic E-state index is 0.537. The van der Waals surface area contributed by atoms with E-state index in [1.165, 1.54) is 0 Å². The van der Waals surface area contributed by atoms with Crippen LogP contribution in [0.25, 0.3) is 0 Å². The number of aliphatic hydroxyl groups excluding tert-OH is 5. The number of carbonyl (C=O) groups is 1. The Morgan fingerprint density at radius 3 is 2.07 bits per heavy atom. The topological polar surface area (TPSA) is 138 Å². The molecule has 0 aromatic rings. The first-order valence-electron chi connectivity index (χ1n) is 4.38. The van der Waals surface area contributed by atoms with E-state index >= 15 is 0 Å². The summed E-state index contributed by atoms with van der Waals surface area (Å²) < 4.78 is 0. The third-order valence-corrected chi connectivity index (χ3v) is 2.16. The lowest BCUT2D eigenvalue weighted by Crippen LogP contribution is -2.57. The highest BCUT2D eigenvalue weighted by molar-refractivity contribution is 5.88. The maximum Gasteiger partial charge on any atom is 0.192 e. The summed E-state index contributed by atoms with van der Waals surface area (Å²) in [6.07, 6.45) is -4.23. The molecule has 3 atom stereocenters. The Bertz CT molecular complexity index is 207. The second kappa shape index (κ2) is 6.11. The molecule has 7 nitrogen and oxygen atoms in total. The third kappa shape index (κ3) is 3.20. The molecule has 0 saturated carbocycles. The van der Waals surface area contributed by atoms with E-state index in [0.717, 1.165) is 0 Å². The molecule has 0 aliphatic carbocycles. The Balaban J connectivity index is 4.84. The van der Waals surface area contributed by atoms with Crippen molar-refractivity contribution in [1.82, 2.24) is 0 Å². The van der Waals surface area contributed by atoms with Gasteiger partial charge in [-0.3, -0.25) is 4.79 Å². The summed E-state index contributed by atoms with van der Waals surface area (Å²) in [4.78, 5) is 11.1. The van der Waals surface area contributed by atoms with Gasteiger partial charge < -0.3 is 30.6 Å². The monoisotopic (exact) mass is 224 g/mol. The zero-order valence-electron chi connectivity index (χ0n) is 8.07. The quantitative estimate of drug-likeness (QED) is 0.262. The minimum atomic E-state index is -2.45. The van der Waals surface area contributed by atoms with Crippen molar-refractivity contribution >= 4 is 5.78 Å². The number of hydrogen-bond acceptors (Lipinski definition) is 7. The molecule has 0 radical (unpaired) electrons. The molecule has 0 aromatic carbocycles. The first-order chi connectivity index (χ1) is 6.93. The normalized spacial score (nSPS) is 19.3. The van der Waals surface area contributed by atoms with Gasteiger partial charge in [0.25, 0.3) is 0 Å². The number of Topliss-reactive ketones (excluding diaryl/α,β-unsaturated/α-hetero) is 1. The first-order valence-corrected chi connectivity index (χ1v) is 4.38. The Hall–Kier alpha value is -0.570. The van der Waals surface area contributed by atoms with Gasteiger partial charge in [0.05, 0.1) is 6.61 Å². The van der Waals surface area contributed by atoms with Crippen LogP contribution in [-0.2, 0) is 4.79 Å². The predicted octanol–water partition coefficient (Wildman–Crippen LogP) is -3.62. The summed E-state index contributed by atoms with van der Waals surface area (Å²) in [5.41, 5.74) is -2.45. The molecular formula is C8H16O7. The average Bonchev–Trinajstić information content (AvgIpc) is 2.25. The maximum atomic E-state index is 11.1.